The molecule has 0 fully saturated rings. The number of nitrogens with one attached hydrogen (secondary N) is 1. The third-order valence-electron chi connectivity index (χ3n) is 2.45. The monoisotopic (exact) mass is 315 g/mol. The van der Waals surface area contributed by atoms with Gasteiger partial charge in [0.05, 0.1) is 11.7 Å². The van der Waals surface area contributed by atoms with Crippen LogP contribution >= 0.6 is 27.5 Å². The van der Waals surface area contributed by atoms with Crippen molar-refractivity contribution in [1.29, 1.82) is 0 Å². The van der Waals surface area contributed by atoms with Gasteiger partial charge in [-0.25, -0.2) is 10.1 Å². The van der Waals surface area contributed by atoms with Crippen molar-refractivity contribution in [3.63, 3.8) is 0 Å². The Bertz CT molecular complexity index is 508. The quantitative estimate of drug-likeness (QED) is 0.669. The van der Waals surface area contributed by atoms with Gasteiger partial charge in [-0.15, -0.1) is 5.10 Å². The first-order valence-corrected chi connectivity index (χ1v) is 6.07. The molecular formula is C10H11BrClN5. The van der Waals surface area contributed by atoms with Crippen molar-refractivity contribution >= 4 is 27.5 Å². The predicted octanol–water partition coefficient (Wildman–Crippen LogP) is 1.78. The standard InChI is InChI=1S/C10H11BrClN5/c1-17-9(10(11)15-16-17)8(14-13)6-3-2-4-7(12)5-6/h2-5,8,14H,13H2,1H3. The number of aromatic nitrogens is 3. The number of hydrazine groups is 1. The maximum Gasteiger partial charge on any atom is 0.153 e. The predicted molar refractivity (Wildman–Crippen MR) is 69.3 cm³/mol. The number of benzene rings is 1. The van der Waals surface area contributed by atoms with Crippen LogP contribution in [0, 0.1) is 0 Å². The maximum absolute atomic E-state index is 5.97. The smallest absolute Gasteiger partial charge is 0.153 e. The minimum atomic E-state index is -0.219. The molecule has 3 N–H and O–H groups in total. The van der Waals surface area contributed by atoms with E-state index in [1.165, 1.54) is 0 Å². The zero-order chi connectivity index (χ0) is 12.4. The summed E-state index contributed by atoms with van der Waals surface area (Å²) in [6.45, 7) is 0. The number of nitrogens with two attached hydrogens (primary N) is 1. The van der Waals surface area contributed by atoms with E-state index in [-0.39, 0.29) is 6.04 Å². The van der Waals surface area contributed by atoms with Crippen molar-refractivity contribution < 1.29 is 0 Å². The summed E-state index contributed by atoms with van der Waals surface area (Å²) in [6, 6.07) is 7.26. The summed E-state index contributed by atoms with van der Waals surface area (Å²) in [5, 5.41) is 8.52. The largest absolute Gasteiger partial charge is 0.271 e. The molecule has 0 aliphatic heterocycles. The van der Waals surface area contributed by atoms with E-state index in [0.717, 1.165) is 11.3 Å². The van der Waals surface area contributed by atoms with E-state index in [2.05, 4.69) is 31.7 Å². The number of halogens is 2. The zero-order valence-electron chi connectivity index (χ0n) is 9.06. The zero-order valence-corrected chi connectivity index (χ0v) is 11.4. The summed E-state index contributed by atoms with van der Waals surface area (Å²) >= 11 is 9.32. The summed E-state index contributed by atoms with van der Waals surface area (Å²) in [7, 11) is 1.81. The molecule has 0 aliphatic carbocycles. The van der Waals surface area contributed by atoms with Crippen molar-refractivity contribution in [2.75, 3.05) is 0 Å². The molecule has 90 valence electrons. The molecule has 0 radical (unpaired) electrons. The molecule has 17 heavy (non-hydrogen) atoms. The summed E-state index contributed by atoms with van der Waals surface area (Å²) in [5.74, 6) is 5.60. The molecule has 1 unspecified atom stereocenters. The Labute approximate surface area is 112 Å². The lowest BCUT2D eigenvalue weighted by Gasteiger charge is -2.16. The van der Waals surface area contributed by atoms with Gasteiger partial charge in [0, 0.05) is 12.1 Å². The number of rotatable bonds is 3. The van der Waals surface area contributed by atoms with Gasteiger partial charge in [0.15, 0.2) is 4.60 Å². The van der Waals surface area contributed by atoms with Gasteiger partial charge in [-0.1, -0.05) is 28.9 Å². The Hall–Kier alpha value is -0.950. The van der Waals surface area contributed by atoms with Crippen LogP contribution in [-0.4, -0.2) is 15.0 Å². The molecule has 1 heterocycles. The first-order chi connectivity index (χ1) is 8.13. The van der Waals surface area contributed by atoms with Crippen molar-refractivity contribution in [2.24, 2.45) is 12.9 Å². The molecule has 5 nitrogen and oxygen atoms in total. The van der Waals surface area contributed by atoms with E-state index in [4.69, 9.17) is 17.4 Å². The molecule has 0 spiro atoms. The van der Waals surface area contributed by atoms with E-state index in [0.29, 0.717) is 9.63 Å². The second kappa shape index (κ2) is 5.14. The molecule has 7 heteroatoms. The van der Waals surface area contributed by atoms with Crippen molar-refractivity contribution in [2.45, 2.75) is 6.04 Å². The van der Waals surface area contributed by atoms with E-state index in [9.17, 15) is 0 Å². The van der Waals surface area contributed by atoms with Crippen LogP contribution in [0.5, 0.6) is 0 Å². The fourth-order valence-electron chi connectivity index (χ4n) is 1.66. The van der Waals surface area contributed by atoms with Crippen LogP contribution in [0.4, 0.5) is 0 Å². The summed E-state index contributed by atoms with van der Waals surface area (Å²) < 4.78 is 2.32. The Morgan fingerprint density at radius 1 is 1.53 bits per heavy atom. The van der Waals surface area contributed by atoms with Gasteiger partial charge in [-0.3, -0.25) is 5.84 Å². The molecule has 1 aromatic carbocycles. The minimum Gasteiger partial charge on any atom is -0.271 e. The van der Waals surface area contributed by atoms with Crippen LogP contribution in [0.2, 0.25) is 5.02 Å². The fraction of sp³-hybridized carbons (Fsp3) is 0.200. The molecule has 1 aromatic heterocycles. The van der Waals surface area contributed by atoms with Gasteiger partial charge in [0.2, 0.25) is 0 Å². The van der Waals surface area contributed by atoms with Crippen LogP contribution in [-0.2, 0) is 7.05 Å². The van der Waals surface area contributed by atoms with Crippen LogP contribution < -0.4 is 11.3 Å². The molecule has 0 saturated heterocycles. The summed E-state index contributed by atoms with van der Waals surface area (Å²) in [4.78, 5) is 0. The lowest BCUT2D eigenvalue weighted by atomic mass is 10.1. The highest BCUT2D eigenvalue weighted by Crippen LogP contribution is 2.27. The van der Waals surface area contributed by atoms with Crippen molar-refractivity contribution in [3.05, 3.63) is 45.1 Å². The first-order valence-electron chi connectivity index (χ1n) is 4.90. The molecule has 2 rings (SSSR count). The average Bonchev–Trinajstić information content (AvgIpc) is 2.62. The fourth-order valence-corrected chi connectivity index (χ4v) is 2.42. The third-order valence-corrected chi connectivity index (χ3v) is 3.25. The Balaban J connectivity index is 2.47. The minimum absolute atomic E-state index is 0.219. The second-order valence-corrected chi connectivity index (χ2v) is 4.73. The molecule has 0 saturated carbocycles. The van der Waals surface area contributed by atoms with Gasteiger partial charge >= 0.3 is 0 Å². The number of nitrogens with zero attached hydrogens (tertiary/aromatic N) is 3. The highest BCUT2D eigenvalue weighted by Gasteiger charge is 2.20. The highest BCUT2D eigenvalue weighted by molar-refractivity contribution is 9.10. The molecule has 1 atom stereocenters. The van der Waals surface area contributed by atoms with Crippen LogP contribution in [0.3, 0.4) is 0 Å². The van der Waals surface area contributed by atoms with E-state index >= 15 is 0 Å². The normalized spacial score (nSPS) is 12.7. The average molecular weight is 317 g/mol. The SMILES string of the molecule is Cn1nnc(Br)c1C(NN)c1cccc(Cl)c1. The Morgan fingerprint density at radius 2 is 2.29 bits per heavy atom. The lowest BCUT2D eigenvalue weighted by Crippen LogP contribution is -2.30. The van der Waals surface area contributed by atoms with E-state index < -0.39 is 0 Å². The Kier molecular flexibility index (Phi) is 3.78. The van der Waals surface area contributed by atoms with Crippen LogP contribution in [0.15, 0.2) is 28.9 Å². The van der Waals surface area contributed by atoms with E-state index in [1.807, 2.05) is 31.3 Å². The van der Waals surface area contributed by atoms with Crippen molar-refractivity contribution in [1.82, 2.24) is 20.4 Å². The van der Waals surface area contributed by atoms with E-state index in [1.54, 1.807) is 4.68 Å². The Morgan fingerprint density at radius 3 is 2.82 bits per heavy atom. The lowest BCUT2D eigenvalue weighted by molar-refractivity contribution is 0.569. The summed E-state index contributed by atoms with van der Waals surface area (Å²) in [6.07, 6.45) is 0. The molecule has 2 aromatic rings. The van der Waals surface area contributed by atoms with Gasteiger partial charge < -0.3 is 0 Å². The number of aryl methyl sites for hydroxylation is 1. The van der Waals surface area contributed by atoms with Crippen LogP contribution in [0.1, 0.15) is 17.3 Å². The van der Waals surface area contributed by atoms with Gasteiger partial charge in [-0.2, -0.15) is 0 Å². The highest BCUT2D eigenvalue weighted by atomic mass is 79.9. The molecule has 0 amide bonds. The second-order valence-electron chi connectivity index (χ2n) is 3.54. The van der Waals surface area contributed by atoms with Gasteiger partial charge in [-0.05, 0) is 33.6 Å². The first kappa shape index (κ1) is 12.5. The topological polar surface area (TPSA) is 68.8 Å². The maximum atomic E-state index is 5.97. The number of hydrogen-bond donors (Lipinski definition) is 2. The molecule has 0 aliphatic rings. The summed E-state index contributed by atoms with van der Waals surface area (Å²) in [5.41, 5.74) is 4.53. The van der Waals surface area contributed by atoms with Crippen molar-refractivity contribution in [3.8, 4) is 0 Å². The number of hydrogen-bond acceptors (Lipinski definition) is 4. The van der Waals surface area contributed by atoms with Gasteiger partial charge in [0.1, 0.15) is 0 Å². The van der Waals surface area contributed by atoms with Crippen LogP contribution in [0.25, 0.3) is 0 Å². The third kappa shape index (κ3) is 2.50. The molecular weight excluding hydrogens is 306 g/mol. The molecule has 0 bridgehead atoms. The van der Waals surface area contributed by atoms with Gasteiger partial charge in [0.25, 0.3) is 0 Å².